The van der Waals surface area contributed by atoms with Crippen molar-refractivity contribution in [2.24, 2.45) is 0 Å². The van der Waals surface area contributed by atoms with Gasteiger partial charge in [-0.05, 0) is 44.9 Å². The van der Waals surface area contributed by atoms with Crippen LogP contribution >= 0.6 is 0 Å². The average Bonchev–Trinajstić information content (AvgIpc) is 2.83. The van der Waals surface area contributed by atoms with E-state index in [9.17, 15) is 13.2 Å². The molecule has 0 aliphatic heterocycles. The molecule has 0 aliphatic rings. The number of furan rings is 1. The van der Waals surface area contributed by atoms with Crippen LogP contribution < -0.4 is 10.0 Å². The predicted molar refractivity (Wildman–Crippen MR) is 96.7 cm³/mol. The monoisotopic (exact) mass is 364 g/mol. The topological polar surface area (TPSA) is 88.4 Å². The molecule has 2 rings (SSSR count). The van der Waals surface area contributed by atoms with Gasteiger partial charge >= 0.3 is 0 Å². The van der Waals surface area contributed by atoms with Crippen molar-refractivity contribution in [2.75, 3.05) is 0 Å². The van der Waals surface area contributed by atoms with Gasteiger partial charge in [0.25, 0.3) is 5.91 Å². The number of rotatable bonds is 7. The van der Waals surface area contributed by atoms with E-state index in [2.05, 4.69) is 10.0 Å². The molecule has 1 amide bonds. The highest BCUT2D eigenvalue weighted by atomic mass is 32.2. The van der Waals surface area contributed by atoms with E-state index in [1.807, 2.05) is 12.1 Å². The fraction of sp³-hybridized carbons (Fsp3) is 0.389. The van der Waals surface area contributed by atoms with E-state index >= 15 is 0 Å². The third-order valence-corrected chi connectivity index (χ3v) is 5.13. The van der Waals surface area contributed by atoms with Crippen LogP contribution in [0.1, 0.15) is 46.9 Å². The highest BCUT2D eigenvalue weighted by molar-refractivity contribution is 7.88. The lowest BCUT2D eigenvalue weighted by Gasteiger charge is -2.13. The second-order valence-corrected chi connectivity index (χ2v) is 8.06. The van der Waals surface area contributed by atoms with Crippen LogP contribution in [-0.4, -0.2) is 20.4 Å². The van der Waals surface area contributed by atoms with Crippen LogP contribution in [0.2, 0.25) is 0 Å². The SMILES string of the molecule is Cc1cc(C(=O)NCc2ccccc2CS(=O)(=O)NC(C)C)c(C)o1. The van der Waals surface area contributed by atoms with Gasteiger partial charge in [-0.15, -0.1) is 0 Å². The van der Waals surface area contributed by atoms with Gasteiger partial charge in [0.2, 0.25) is 10.0 Å². The Morgan fingerprint density at radius 3 is 2.36 bits per heavy atom. The quantitative estimate of drug-likeness (QED) is 0.790. The summed E-state index contributed by atoms with van der Waals surface area (Å²) in [6, 6.07) is 8.70. The fourth-order valence-corrected chi connectivity index (χ4v) is 4.10. The summed E-state index contributed by atoms with van der Waals surface area (Å²) in [7, 11) is -3.43. The summed E-state index contributed by atoms with van der Waals surface area (Å²) < 4.78 is 32.3. The Morgan fingerprint density at radius 2 is 1.80 bits per heavy atom. The molecule has 0 spiro atoms. The van der Waals surface area contributed by atoms with E-state index < -0.39 is 10.0 Å². The minimum atomic E-state index is -3.43. The van der Waals surface area contributed by atoms with Gasteiger partial charge in [0, 0.05) is 12.6 Å². The summed E-state index contributed by atoms with van der Waals surface area (Å²) in [5.74, 6) is 0.870. The molecule has 0 atom stereocenters. The second kappa shape index (κ2) is 7.84. The zero-order chi connectivity index (χ0) is 18.6. The Bertz CT molecular complexity index is 854. The summed E-state index contributed by atoms with van der Waals surface area (Å²) in [4.78, 5) is 12.3. The van der Waals surface area contributed by atoms with Gasteiger partial charge in [-0.1, -0.05) is 24.3 Å². The maximum absolute atomic E-state index is 12.3. The van der Waals surface area contributed by atoms with Crippen LogP contribution in [0.5, 0.6) is 0 Å². The number of carbonyl (C=O) groups excluding carboxylic acids is 1. The van der Waals surface area contributed by atoms with Crippen LogP contribution in [0.25, 0.3) is 0 Å². The number of hydrogen-bond donors (Lipinski definition) is 2. The van der Waals surface area contributed by atoms with E-state index in [-0.39, 0.29) is 24.2 Å². The molecule has 6 nitrogen and oxygen atoms in total. The molecule has 0 unspecified atom stereocenters. The molecule has 0 bridgehead atoms. The highest BCUT2D eigenvalue weighted by Gasteiger charge is 2.17. The highest BCUT2D eigenvalue weighted by Crippen LogP contribution is 2.15. The molecule has 7 heteroatoms. The summed E-state index contributed by atoms with van der Waals surface area (Å²) in [5, 5.41) is 2.82. The molecule has 1 heterocycles. The number of aryl methyl sites for hydroxylation is 2. The van der Waals surface area contributed by atoms with Gasteiger partial charge in [0.15, 0.2) is 0 Å². The molecule has 136 valence electrons. The maximum atomic E-state index is 12.3. The van der Waals surface area contributed by atoms with Crippen molar-refractivity contribution in [3.63, 3.8) is 0 Å². The first kappa shape index (κ1) is 19.2. The normalized spacial score (nSPS) is 11.7. The van der Waals surface area contributed by atoms with Crippen LogP contribution in [-0.2, 0) is 22.3 Å². The molecule has 0 aliphatic carbocycles. The standard InChI is InChI=1S/C18H24N2O4S/c1-12(2)20-25(22,23)11-16-8-6-5-7-15(16)10-19-18(21)17-9-13(3)24-14(17)4/h5-9,12,20H,10-11H2,1-4H3,(H,19,21). The molecule has 2 aromatic rings. The third kappa shape index (κ3) is 5.44. The average molecular weight is 364 g/mol. The zero-order valence-corrected chi connectivity index (χ0v) is 15.7. The van der Waals surface area contributed by atoms with Crippen molar-refractivity contribution >= 4 is 15.9 Å². The Kier molecular flexibility index (Phi) is 6.02. The van der Waals surface area contributed by atoms with Crippen molar-refractivity contribution in [3.05, 3.63) is 58.5 Å². The number of amides is 1. The number of hydrogen-bond acceptors (Lipinski definition) is 4. The van der Waals surface area contributed by atoms with Crippen molar-refractivity contribution in [3.8, 4) is 0 Å². The Balaban J connectivity index is 2.10. The summed E-state index contributed by atoms with van der Waals surface area (Å²) in [5.41, 5.74) is 1.92. The van der Waals surface area contributed by atoms with Crippen molar-refractivity contribution in [1.29, 1.82) is 0 Å². The Labute approximate surface area is 148 Å². The first-order valence-corrected chi connectivity index (χ1v) is 9.75. The van der Waals surface area contributed by atoms with E-state index in [0.29, 0.717) is 22.6 Å². The lowest BCUT2D eigenvalue weighted by Crippen LogP contribution is -2.32. The molecule has 25 heavy (non-hydrogen) atoms. The van der Waals surface area contributed by atoms with Gasteiger partial charge in [0.05, 0.1) is 11.3 Å². The minimum absolute atomic E-state index is 0.124. The number of nitrogens with one attached hydrogen (secondary N) is 2. The molecule has 0 fully saturated rings. The fourth-order valence-electron chi connectivity index (χ4n) is 2.60. The van der Waals surface area contributed by atoms with Gasteiger partial charge in [-0.2, -0.15) is 0 Å². The lowest BCUT2D eigenvalue weighted by atomic mass is 10.1. The van der Waals surface area contributed by atoms with E-state index in [0.717, 1.165) is 5.56 Å². The Hall–Kier alpha value is -2.12. The third-order valence-electron chi connectivity index (χ3n) is 3.60. The molecular formula is C18H24N2O4S. The van der Waals surface area contributed by atoms with E-state index in [4.69, 9.17) is 4.42 Å². The number of sulfonamides is 1. The van der Waals surface area contributed by atoms with Crippen LogP contribution in [0.4, 0.5) is 0 Å². The first-order valence-electron chi connectivity index (χ1n) is 8.10. The van der Waals surface area contributed by atoms with Crippen molar-refractivity contribution < 1.29 is 17.6 Å². The van der Waals surface area contributed by atoms with Crippen molar-refractivity contribution in [2.45, 2.75) is 46.0 Å². The smallest absolute Gasteiger partial charge is 0.255 e. The largest absolute Gasteiger partial charge is 0.466 e. The minimum Gasteiger partial charge on any atom is -0.466 e. The lowest BCUT2D eigenvalue weighted by molar-refractivity contribution is 0.0949. The summed E-state index contributed by atoms with van der Waals surface area (Å²) in [6.07, 6.45) is 0. The van der Waals surface area contributed by atoms with E-state index in [1.54, 1.807) is 45.9 Å². The van der Waals surface area contributed by atoms with Gasteiger partial charge in [0.1, 0.15) is 11.5 Å². The molecule has 0 saturated carbocycles. The Morgan fingerprint density at radius 1 is 1.16 bits per heavy atom. The van der Waals surface area contributed by atoms with Crippen molar-refractivity contribution in [1.82, 2.24) is 10.0 Å². The number of benzene rings is 1. The second-order valence-electron chi connectivity index (χ2n) is 6.31. The maximum Gasteiger partial charge on any atom is 0.255 e. The van der Waals surface area contributed by atoms with Gasteiger partial charge in [-0.25, -0.2) is 13.1 Å². The number of carbonyl (C=O) groups is 1. The summed E-state index contributed by atoms with van der Waals surface area (Å²) in [6.45, 7) is 7.32. The molecule has 0 saturated heterocycles. The van der Waals surface area contributed by atoms with E-state index in [1.165, 1.54) is 0 Å². The molecule has 1 aromatic heterocycles. The van der Waals surface area contributed by atoms with Gasteiger partial charge in [-0.3, -0.25) is 4.79 Å². The molecular weight excluding hydrogens is 340 g/mol. The predicted octanol–water partition coefficient (Wildman–Crippen LogP) is 2.65. The van der Waals surface area contributed by atoms with Gasteiger partial charge < -0.3 is 9.73 Å². The summed E-state index contributed by atoms with van der Waals surface area (Å²) >= 11 is 0. The van der Waals surface area contributed by atoms with Crippen LogP contribution in [0, 0.1) is 13.8 Å². The molecule has 2 N–H and O–H groups in total. The van der Waals surface area contributed by atoms with Crippen LogP contribution in [0.3, 0.4) is 0 Å². The van der Waals surface area contributed by atoms with Crippen LogP contribution in [0.15, 0.2) is 34.7 Å². The zero-order valence-electron chi connectivity index (χ0n) is 14.9. The first-order chi connectivity index (χ1) is 11.7. The molecule has 0 radical (unpaired) electrons. The molecule has 1 aromatic carbocycles.